The molecule has 0 aromatic carbocycles. The lowest BCUT2D eigenvalue weighted by molar-refractivity contribution is -0.136. The van der Waals surface area contributed by atoms with Gasteiger partial charge >= 0.3 is 0 Å². The average Bonchev–Trinajstić information content (AvgIpc) is 2.17. The topological polar surface area (TPSA) is 75.4 Å². The number of likely N-dealkylation sites (N-methyl/N-ethyl adjacent to an activating group) is 2. The predicted octanol–water partition coefficient (Wildman–Crippen LogP) is -0.497. The molecule has 0 heterocycles. The van der Waals surface area contributed by atoms with Crippen LogP contribution >= 0.6 is 12.2 Å². The molecule has 0 aliphatic heterocycles. The van der Waals surface area contributed by atoms with E-state index in [0.29, 0.717) is 6.42 Å². The first-order valence-electron chi connectivity index (χ1n) is 4.68. The molecule has 2 amide bonds. The van der Waals surface area contributed by atoms with E-state index in [1.165, 1.54) is 11.9 Å². The second-order valence-corrected chi connectivity index (χ2v) is 3.70. The molecule has 0 radical (unpaired) electrons. The third-order valence-corrected chi connectivity index (χ3v) is 2.37. The number of rotatable bonds is 5. The van der Waals surface area contributed by atoms with Crippen molar-refractivity contribution in [3.8, 4) is 0 Å². The molecule has 0 fully saturated rings. The van der Waals surface area contributed by atoms with Gasteiger partial charge in [-0.2, -0.15) is 0 Å². The van der Waals surface area contributed by atoms with Crippen LogP contribution in [0.25, 0.3) is 0 Å². The van der Waals surface area contributed by atoms with E-state index < -0.39 is 5.92 Å². The smallest absolute Gasteiger partial charge is 0.239 e. The van der Waals surface area contributed by atoms with Gasteiger partial charge in [0.15, 0.2) is 0 Å². The Morgan fingerprint density at radius 3 is 2.40 bits per heavy atom. The molecule has 0 aliphatic rings. The summed E-state index contributed by atoms with van der Waals surface area (Å²) in [5.74, 6) is -0.910. The maximum Gasteiger partial charge on any atom is 0.239 e. The monoisotopic (exact) mass is 231 g/mol. The van der Waals surface area contributed by atoms with Gasteiger partial charge in [-0.3, -0.25) is 9.59 Å². The summed E-state index contributed by atoms with van der Waals surface area (Å²) in [5, 5.41) is 2.44. The molecule has 1 unspecified atom stereocenters. The van der Waals surface area contributed by atoms with E-state index in [1.807, 2.05) is 6.92 Å². The summed E-state index contributed by atoms with van der Waals surface area (Å²) in [6.07, 6.45) is 0.548. The Hall–Kier alpha value is -1.17. The van der Waals surface area contributed by atoms with Crippen LogP contribution < -0.4 is 11.1 Å². The van der Waals surface area contributed by atoms with E-state index in [-0.39, 0.29) is 23.3 Å². The maximum absolute atomic E-state index is 11.7. The molecule has 0 saturated carbocycles. The zero-order chi connectivity index (χ0) is 12.0. The minimum atomic E-state index is -0.477. The van der Waals surface area contributed by atoms with E-state index >= 15 is 0 Å². The van der Waals surface area contributed by atoms with Crippen molar-refractivity contribution in [1.29, 1.82) is 0 Å². The van der Waals surface area contributed by atoms with Crippen LogP contribution in [0, 0.1) is 5.92 Å². The zero-order valence-electron chi connectivity index (χ0n) is 9.24. The molecule has 1 atom stereocenters. The van der Waals surface area contributed by atoms with E-state index in [2.05, 4.69) is 5.32 Å². The van der Waals surface area contributed by atoms with Crippen LogP contribution in [0.3, 0.4) is 0 Å². The van der Waals surface area contributed by atoms with Crippen LogP contribution in [0.1, 0.15) is 13.3 Å². The normalized spacial score (nSPS) is 11.7. The number of nitrogens with zero attached hydrogens (tertiary/aromatic N) is 1. The van der Waals surface area contributed by atoms with Gasteiger partial charge in [0.05, 0.1) is 17.5 Å². The molecule has 0 aliphatic carbocycles. The first-order chi connectivity index (χ1) is 6.93. The molecule has 0 bridgehead atoms. The fourth-order valence-corrected chi connectivity index (χ4v) is 1.40. The molecule has 86 valence electrons. The molecule has 0 aromatic heterocycles. The van der Waals surface area contributed by atoms with Crippen molar-refractivity contribution < 1.29 is 9.59 Å². The first kappa shape index (κ1) is 13.8. The SMILES string of the molecule is CCC(C(=O)N(C)CC(=O)NC)C(N)=S. The van der Waals surface area contributed by atoms with Crippen LogP contribution in [0.4, 0.5) is 0 Å². The van der Waals surface area contributed by atoms with Crippen LogP contribution in [-0.2, 0) is 9.59 Å². The van der Waals surface area contributed by atoms with Gasteiger partial charge in [0.25, 0.3) is 0 Å². The number of nitrogens with one attached hydrogen (secondary N) is 1. The lowest BCUT2D eigenvalue weighted by Gasteiger charge is -2.21. The fourth-order valence-electron chi connectivity index (χ4n) is 1.14. The summed E-state index contributed by atoms with van der Waals surface area (Å²) >= 11 is 4.78. The zero-order valence-corrected chi connectivity index (χ0v) is 10.1. The Bertz CT molecular complexity index is 268. The van der Waals surface area contributed by atoms with Gasteiger partial charge in [0, 0.05) is 14.1 Å². The standard InChI is InChI=1S/C9H17N3O2S/c1-4-6(8(10)15)9(14)12(3)5-7(13)11-2/h6H,4-5H2,1-3H3,(H2,10,15)(H,11,13). The highest BCUT2D eigenvalue weighted by Crippen LogP contribution is 2.06. The van der Waals surface area contributed by atoms with Crippen LogP contribution in [0.2, 0.25) is 0 Å². The molecule has 0 spiro atoms. The molecule has 3 N–H and O–H groups in total. The Morgan fingerprint density at radius 2 is 2.07 bits per heavy atom. The number of thiocarbonyl (C=S) groups is 1. The summed E-state index contributed by atoms with van der Waals surface area (Å²) in [4.78, 5) is 24.3. The third kappa shape index (κ3) is 4.24. The number of carbonyl (C=O) groups excluding carboxylic acids is 2. The molecule has 0 saturated heterocycles. The van der Waals surface area contributed by atoms with Gasteiger partial charge in [-0.05, 0) is 6.42 Å². The van der Waals surface area contributed by atoms with Crippen molar-refractivity contribution in [3.63, 3.8) is 0 Å². The highest BCUT2D eigenvalue weighted by molar-refractivity contribution is 7.80. The molecular weight excluding hydrogens is 214 g/mol. The number of amides is 2. The predicted molar refractivity (Wildman–Crippen MR) is 62.3 cm³/mol. The summed E-state index contributed by atoms with van der Waals surface area (Å²) in [7, 11) is 3.07. The highest BCUT2D eigenvalue weighted by Gasteiger charge is 2.23. The first-order valence-corrected chi connectivity index (χ1v) is 5.09. The Labute approximate surface area is 95.0 Å². The minimum absolute atomic E-state index is 0.0223. The lowest BCUT2D eigenvalue weighted by Crippen LogP contribution is -2.43. The molecular formula is C9H17N3O2S. The van der Waals surface area contributed by atoms with Crippen LogP contribution in [0.5, 0.6) is 0 Å². The Kier molecular flexibility index (Phi) is 5.84. The average molecular weight is 231 g/mol. The quantitative estimate of drug-likeness (QED) is 0.626. The van der Waals surface area contributed by atoms with Gasteiger partial charge in [-0.1, -0.05) is 19.1 Å². The van der Waals surface area contributed by atoms with Crippen molar-refractivity contribution in [1.82, 2.24) is 10.2 Å². The van der Waals surface area contributed by atoms with E-state index in [9.17, 15) is 9.59 Å². The van der Waals surface area contributed by atoms with Crippen molar-refractivity contribution in [2.75, 3.05) is 20.6 Å². The second kappa shape index (κ2) is 6.34. The van der Waals surface area contributed by atoms with E-state index in [4.69, 9.17) is 18.0 Å². The molecule has 6 heteroatoms. The number of hydrogen-bond donors (Lipinski definition) is 2. The largest absolute Gasteiger partial charge is 0.393 e. The Balaban J connectivity index is 4.41. The van der Waals surface area contributed by atoms with Gasteiger partial charge in [0.1, 0.15) is 0 Å². The van der Waals surface area contributed by atoms with Crippen molar-refractivity contribution in [2.45, 2.75) is 13.3 Å². The summed E-state index contributed by atoms with van der Waals surface area (Å²) in [5.41, 5.74) is 5.43. The summed E-state index contributed by atoms with van der Waals surface area (Å²) < 4.78 is 0. The fraction of sp³-hybridized carbons (Fsp3) is 0.667. The van der Waals surface area contributed by atoms with E-state index in [0.717, 1.165) is 0 Å². The van der Waals surface area contributed by atoms with Gasteiger partial charge < -0.3 is 16.0 Å². The lowest BCUT2D eigenvalue weighted by atomic mass is 10.1. The minimum Gasteiger partial charge on any atom is -0.393 e. The van der Waals surface area contributed by atoms with Gasteiger partial charge in [-0.15, -0.1) is 0 Å². The maximum atomic E-state index is 11.7. The van der Waals surface area contributed by atoms with Crippen molar-refractivity contribution in [3.05, 3.63) is 0 Å². The van der Waals surface area contributed by atoms with Crippen LogP contribution in [-0.4, -0.2) is 42.3 Å². The number of nitrogens with two attached hydrogens (primary N) is 1. The van der Waals surface area contributed by atoms with Gasteiger partial charge in [-0.25, -0.2) is 0 Å². The van der Waals surface area contributed by atoms with Gasteiger partial charge in [0.2, 0.25) is 11.8 Å². The molecule has 0 aromatic rings. The van der Waals surface area contributed by atoms with E-state index in [1.54, 1.807) is 7.05 Å². The van der Waals surface area contributed by atoms with Crippen molar-refractivity contribution >= 4 is 29.0 Å². The number of carbonyl (C=O) groups is 2. The molecule has 0 rings (SSSR count). The van der Waals surface area contributed by atoms with Crippen LogP contribution in [0.15, 0.2) is 0 Å². The second-order valence-electron chi connectivity index (χ2n) is 3.23. The third-order valence-electron chi connectivity index (χ3n) is 2.09. The molecule has 5 nitrogen and oxygen atoms in total. The Morgan fingerprint density at radius 1 is 1.53 bits per heavy atom. The summed E-state index contributed by atoms with van der Waals surface area (Å²) in [6, 6.07) is 0. The summed E-state index contributed by atoms with van der Waals surface area (Å²) in [6.45, 7) is 1.85. The van der Waals surface area contributed by atoms with Crippen molar-refractivity contribution in [2.24, 2.45) is 11.7 Å². The molecule has 15 heavy (non-hydrogen) atoms. The highest BCUT2D eigenvalue weighted by atomic mass is 32.1. The number of hydrogen-bond acceptors (Lipinski definition) is 3.